The Labute approximate surface area is 454 Å². The zero-order chi connectivity index (χ0) is 60.9. The highest BCUT2D eigenvalue weighted by Crippen LogP contribution is 2.46. The number of nitrogens with two attached hydrogens (primary N) is 4. The van der Waals surface area contributed by atoms with Gasteiger partial charge in [-0.15, -0.1) is 0 Å². The Morgan fingerprint density at radius 1 is 0.329 bits per heavy atom. The molecule has 0 aromatic carbocycles. The van der Waals surface area contributed by atoms with E-state index in [1.165, 1.54) is 20.3 Å². The molecular weight excluding hydrogens is 981 g/mol. The van der Waals surface area contributed by atoms with Gasteiger partial charge < -0.3 is 64.6 Å². The molecule has 0 bridgehead atoms. The van der Waals surface area contributed by atoms with E-state index < -0.39 is 57.0 Å². The van der Waals surface area contributed by atoms with E-state index in [2.05, 4.69) is 38.3 Å². The van der Waals surface area contributed by atoms with E-state index in [1.807, 2.05) is 111 Å². The molecule has 6 aliphatic heterocycles. The number of hydroxylamine groups is 8. The highest BCUT2D eigenvalue weighted by atomic mass is 16.5. The lowest BCUT2D eigenvalue weighted by Gasteiger charge is -2.35. The third-order valence-corrected chi connectivity index (χ3v) is 17.2. The summed E-state index contributed by atoms with van der Waals surface area (Å²) in [4.78, 5) is 66.3. The van der Waals surface area contributed by atoms with Crippen molar-refractivity contribution in [3.05, 3.63) is 0 Å². The third-order valence-electron chi connectivity index (χ3n) is 17.2. The van der Waals surface area contributed by atoms with Crippen LogP contribution in [-0.4, -0.2) is 153 Å². The SMILES string of the molecule is CC1(C)C[C@@H](C(=O)O)C(C)(C)N1O.CC1(C)C[C@@H](C(N)=O)C(C)(C)N1.CC1(C)C[C@@H](C(N)=O)C(C)(C)N1O.CC1(C)C[C@H](C(=O)O)C(C)(C)N1O.CC1(C)C[C@H](C(N)=O)C(C)(C)N1.CC1(C)C[C@H](C(N)=O)C(C)(C)N1O. The first-order valence-corrected chi connectivity index (χ1v) is 26.5. The highest BCUT2D eigenvalue weighted by molar-refractivity contribution is 5.80. The highest BCUT2D eigenvalue weighted by Gasteiger charge is 2.57. The Bertz CT molecular complexity index is 1870. The van der Waals surface area contributed by atoms with Crippen molar-refractivity contribution in [3.63, 3.8) is 0 Å². The quantitative estimate of drug-likeness (QED) is 0.158. The Balaban J connectivity index is 0.000000456. The number of carboxylic acids is 2. The van der Waals surface area contributed by atoms with Gasteiger partial charge in [-0.3, -0.25) is 28.8 Å². The molecule has 0 radical (unpaired) electrons. The second-order valence-electron chi connectivity index (χ2n) is 29.4. The van der Waals surface area contributed by atoms with Crippen molar-refractivity contribution in [2.24, 2.45) is 58.4 Å². The number of amides is 4. The Kier molecular flexibility index (Phi) is 21.2. The van der Waals surface area contributed by atoms with Crippen molar-refractivity contribution in [1.82, 2.24) is 30.9 Å². The molecule has 4 amide bonds. The number of hydrogen-bond acceptors (Lipinski definition) is 16. The summed E-state index contributed by atoms with van der Waals surface area (Å²) in [6.07, 6.45) is 3.82. The molecular formula is C54H106N10O12. The van der Waals surface area contributed by atoms with Gasteiger partial charge in [-0.05, 0) is 205 Å². The molecule has 0 saturated carbocycles. The smallest absolute Gasteiger partial charge is 0.308 e. The normalized spacial score (nSPS) is 31.9. The molecule has 6 heterocycles. The van der Waals surface area contributed by atoms with Crippen LogP contribution in [0.25, 0.3) is 0 Å². The van der Waals surface area contributed by atoms with Gasteiger partial charge in [0.15, 0.2) is 0 Å². The molecule has 6 fully saturated rings. The van der Waals surface area contributed by atoms with Crippen LogP contribution in [0.3, 0.4) is 0 Å². The minimum Gasteiger partial charge on any atom is -0.481 e. The molecule has 76 heavy (non-hydrogen) atoms. The number of nitrogens with one attached hydrogen (secondary N) is 2. The van der Waals surface area contributed by atoms with E-state index in [0.29, 0.717) is 25.7 Å². The maximum absolute atomic E-state index is 11.1. The van der Waals surface area contributed by atoms with Crippen LogP contribution < -0.4 is 33.6 Å². The van der Waals surface area contributed by atoms with Crippen LogP contribution in [0, 0.1) is 35.5 Å². The average molecular weight is 1090 g/mol. The first-order chi connectivity index (χ1) is 33.3. The third kappa shape index (κ3) is 15.8. The zero-order valence-electron chi connectivity index (χ0n) is 50.9. The fourth-order valence-corrected chi connectivity index (χ4v) is 13.2. The van der Waals surface area contributed by atoms with E-state index in [0.717, 1.165) is 12.8 Å². The molecule has 6 aliphatic rings. The molecule has 6 rings (SSSR count). The molecule has 0 aromatic rings. The molecule has 16 N–H and O–H groups in total. The van der Waals surface area contributed by atoms with E-state index >= 15 is 0 Å². The molecule has 0 spiro atoms. The number of carboxylic acid groups (broad SMARTS) is 2. The van der Waals surface area contributed by atoms with Gasteiger partial charge in [-0.25, -0.2) is 0 Å². The van der Waals surface area contributed by atoms with Crippen LogP contribution >= 0.6 is 0 Å². The van der Waals surface area contributed by atoms with Crippen molar-refractivity contribution in [2.75, 3.05) is 0 Å². The Hall–Kier alpha value is -3.58. The monoisotopic (exact) mass is 1090 g/mol. The van der Waals surface area contributed by atoms with Crippen molar-refractivity contribution in [3.8, 4) is 0 Å². The number of primary amides is 4. The molecule has 22 nitrogen and oxygen atoms in total. The summed E-state index contributed by atoms with van der Waals surface area (Å²) in [5, 5.41) is 68.8. The molecule has 444 valence electrons. The van der Waals surface area contributed by atoms with Gasteiger partial charge in [0, 0.05) is 44.3 Å². The maximum atomic E-state index is 11.1. The summed E-state index contributed by atoms with van der Waals surface area (Å²) >= 11 is 0. The standard InChI is InChI=1S/2C9H18N2O2.2C9H18N2O.2C9H17NO3/c2*1-8(2)5-6(7(10)12)9(3,4)11(8)13;2*1-8(2)5-6(7(10)12)9(3,4)11-8;2*1-8(2)5-6(7(11)12)9(3,4)10(8)13/h2*6,13H,5H2,1-4H3,(H2,10,12);2*6,11H,5H2,1-4H3,(H2,10,12);2*6,13H,5H2,1-4H3,(H,11,12)/t6*6-/m101010/s1. The summed E-state index contributed by atoms with van der Waals surface area (Å²) < 4.78 is 0. The minimum atomic E-state index is -0.838. The van der Waals surface area contributed by atoms with Crippen LogP contribution in [0.15, 0.2) is 0 Å². The summed E-state index contributed by atoms with van der Waals surface area (Å²) in [6.45, 7) is 45.8. The number of rotatable bonds is 6. The molecule has 6 atom stereocenters. The van der Waals surface area contributed by atoms with Gasteiger partial charge in [-0.2, -0.15) is 20.3 Å². The Morgan fingerprint density at radius 3 is 0.566 bits per heavy atom. The van der Waals surface area contributed by atoms with Crippen molar-refractivity contribution in [1.29, 1.82) is 0 Å². The van der Waals surface area contributed by atoms with E-state index in [4.69, 9.17) is 33.1 Å². The topological polar surface area (TPSA) is 365 Å². The van der Waals surface area contributed by atoms with Gasteiger partial charge in [-0.1, -0.05) is 0 Å². The van der Waals surface area contributed by atoms with E-state index in [1.54, 1.807) is 27.7 Å². The Morgan fingerprint density at radius 2 is 0.500 bits per heavy atom. The second-order valence-corrected chi connectivity index (χ2v) is 29.4. The predicted octanol–water partition coefficient (Wildman–Crippen LogP) is 5.44. The fraction of sp³-hybridized carbons (Fsp3) is 0.889. The number of carbonyl (C=O) groups is 6. The molecule has 0 aromatic heterocycles. The molecule has 0 aliphatic carbocycles. The summed E-state index contributed by atoms with van der Waals surface area (Å²) in [5.74, 6) is -4.43. The molecule has 0 unspecified atom stereocenters. The van der Waals surface area contributed by atoms with Crippen LogP contribution in [0.4, 0.5) is 0 Å². The fourth-order valence-electron chi connectivity index (χ4n) is 13.2. The number of nitrogens with zero attached hydrogens (tertiary/aromatic N) is 4. The van der Waals surface area contributed by atoms with Gasteiger partial charge in [0.05, 0.1) is 57.7 Å². The van der Waals surface area contributed by atoms with Crippen LogP contribution in [0.5, 0.6) is 0 Å². The number of carbonyl (C=O) groups excluding carboxylic acids is 4. The van der Waals surface area contributed by atoms with Crippen LogP contribution in [0.1, 0.15) is 205 Å². The van der Waals surface area contributed by atoms with Gasteiger partial charge in [0.25, 0.3) is 0 Å². The lowest BCUT2D eigenvalue weighted by Crippen LogP contribution is -2.49. The molecule has 6 saturated heterocycles. The van der Waals surface area contributed by atoms with Crippen molar-refractivity contribution in [2.45, 2.75) is 271 Å². The predicted molar refractivity (Wildman–Crippen MR) is 290 cm³/mol. The second kappa shape index (κ2) is 22.9. The van der Waals surface area contributed by atoms with E-state index in [-0.39, 0.29) is 80.5 Å². The van der Waals surface area contributed by atoms with Crippen molar-refractivity contribution < 1.29 is 59.8 Å². The largest absolute Gasteiger partial charge is 0.481 e. The lowest BCUT2D eigenvalue weighted by atomic mass is 9.86. The van der Waals surface area contributed by atoms with Crippen LogP contribution in [0.2, 0.25) is 0 Å². The molecule has 22 heteroatoms. The summed E-state index contributed by atoms with van der Waals surface area (Å²) in [6, 6.07) is 0. The first kappa shape index (κ1) is 70.4. The minimum absolute atomic E-state index is 0.0309. The van der Waals surface area contributed by atoms with Gasteiger partial charge >= 0.3 is 11.9 Å². The van der Waals surface area contributed by atoms with Crippen LogP contribution in [-0.2, 0) is 28.8 Å². The van der Waals surface area contributed by atoms with Crippen molar-refractivity contribution >= 4 is 35.6 Å². The zero-order valence-corrected chi connectivity index (χ0v) is 50.9. The maximum Gasteiger partial charge on any atom is 0.308 e. The first-order valence-electron chi connectivity index (χ1n) is 26.5. The van der Waals surface area contributed by atoms with Gasteiger partial charge in [0.2, 0.25) is 23.6 Å². The average Bonchev–Trinajstić information content (AvgIpc) is 3.84. The number of hydrogen-bond donors (Lipinski definition) is 12. The van der Waals surface area contributed by atoms with E-state index in [9.17, 15) is 49.6 Å². The number of aliphatic carboxylic acids is 2. The summed E-state index contributed by atoms with van der Waals surface area (Å²) in [5.41, 5.74) is 16.8. The van der Waals surface area contributed by atoms with Gasteiger partial charge in [0.1, 0.15) is 0 Å². The summed E-state index contributed by atoms with van der Waals surface area (Å²) in [7, 11) is 0. The lowest BCUT2D eigenvalue weighted by molar-refractivity contribution is -0.199.